The van der Waals surface area contributed by atoms with Gasteiger partial charge in [0.25, 0.3) is 5.91 Å². The van der Waals surface area contributed by atoms with Crippen molar-refractivity contribution in [3.63, 3.8) is 0 Å². The predicted octanol–water partition coefficient (Wildman–Crippen LogP) is 3.87. The van der Waals surface area contributed by atoms with Gasteiger partial charge < -0.3 is 0 Å². The Morgan fingerprint density at radius 3 is 2.54 bits per heavy atom. The molecule has 0 atom stereocenters. The number of thioether (sulfide) groups is 1. The van der Waals surface area contributed by atoms with Gasteiger partial charge >= 0.3 is 0 Å². The standard InChI is InChI=1S/C18H18N2O2S2/c1-3-19-17(22)16(24-18(19)23)12-8-5-9-13-20(14(2)21)15-10-6-4-7-11-15/h4-13H,3H2,1-2H3/b8-5+,13-9+,16-12-. The number of hydrogen-bond acceptors (Lipinski definition) is 4. The summed E-state index contributed by atoms with van der Waals surface area (Å²) in [5.74, 6) is -0.134. The van der Waals surface area contributed by atoms with Gasteiger partial charge in [0.2, 0.25) is 5.91 Å². The molecule has 0 N–H and O–H groups in total. The van der Waals surface area contributed by atoms with E-state index in [4.69, 9.17) is 12.2 Å². The molecule has 1 aliphatic rings. The Balaban J connectivity index is 2.04. The lowest BCUT2D eigenvalue weighted by Gasteiger charge is -2.15. The second kappa shape index (κ2) is 8.61. The van der Waals surface area contributed by atoms with E-state index >= 15 is 0 Å². The summed E-state index contributed by atoms with van der Waals surface area (Å²) in [6, 6.07) is 9.39. The third-order valence-electron chi connectivity index (χ3n) is 3.27. The Bertz CT molecular complexity index is 724. The minimum atomic E-state index is -0.0744. The molecule has 1 saturated heterocycles. The largest absolute Gasteiger partial charge is 0.293 e. The first kappa shape index (κ1) is 18.2. The van der Waals surface area contributed by atoms with Crippen LogP contribution in [-0.2, 0) is 9.59 Å². The van der Waals surface area contributed by atoms with E-state index < -0.39 is 0 Å². The number of amides is 2. The first-order chi connectivity index (χ1) is 11.5. The first-order valence-corrected chi connectivity index (χ1v) is 8.70. The maximum atomic E-state index is 12.0. The molecule has 1 fully saturated rings. The molecular weight excluding hydrogens is 340 g/mol. The van der Waals surface area contributed by atoms with E-state index in [1.54, 1.807) is 40.3 Å². The molecule has 1 aromatic carbocycles. The summed E-state index contributed by atoms with van der Waals surface area (Å²) in [6.07, 6.45) is 8.73. The smallest absolute Gasteiger partial charge is 0.266 e. The van der Waals surface area contributed by atoms with Gasteiger partial charge in [-0.2, -0.15) is 0 Å². The monoisotopic (exact) mass is 358 g/mol. The number of nitrogens with zero attached hydrogens (tertiary/aromatic N) is 2. The number of carbonyl (C=O) groups is 2. The molecule has 1 heterocycles. The van der Waals surface area contributed by atoms with E-state index in [0.717, 1.165) is 5.69 Å². The van der Waals surface area contributed by atoms with E-state index in [-0.39, 0.29) is 11.8 Å². The van der Waals surface area contributed by atoms with E-state index in [1.807, 2.05) is 37.3 Å². The van der Waals surface area contributed by atoms with Crippen LogP contribution in [0.15, 0.2) is 65.7 Å². The fourth-order valence-corrected chi connectivity index (χ4v) is 3.43. The van der Waals surface area contributed by atoms with Crippen LogP contribution in [0.25, 0.3) is 0 Å². The summed E-state index contributed by atoms with van der Waals surface area (Å²) in [7, 11) is 0. The van der Waals surface area contributed by atoms with Crippen LogP contribution in [0.3, 0.4) is 0 Å². The highest BCUT2D eigenvalue weighted by Crippen LogP contribution is 2.30. The summed E-state index contributed by atoms with van der Waals surface area (Å²) < 4.78 is 0.588. The minimum Gasteiger partial charge on any atom is -0.293 e. The Morgan fingerprint density at radius 2 is 1.96 bits per heavy atom. The van der Waals surface area contributed by atoms with Crippen LogP contribution in [0, 0.1) is 0 Å². The molecule has 124 valence electrons. The first-order valence-electron chi connectivity index (χ1n) is 7.48. The number of carbonyl (C=O) groups excluding carboxylic acids is 2. The number of thiocarbonyl (C=S) groups is 1. The van der Waals surface area contributed by atoms with Gasteiger partial charge in [-0.15, -0.1) is 0 Å². The van der Waals surface area contributed by atoms with Crippen molar-refractivity contribution in [2.75, 3.05) is 11.4 Å². The highest BCUT2D eigenvalue weighted by atomic mass is 32.2. The van der Waals surface area contributed by atoms with Crippen molar-refractivity contribution < 1.29 is 9.59 Å². The molecule has 6 heteroatoms. The maximum Gasteiger partial charge on any atom is 0.266 e. The number of para-hydroxylation sites is 1. The average molecular weight is 358 g/mol. The van der Waals surface area contributed by atoms with Gasteiger partial charge in [-0.05, 0) is 31.2 Å². The molecule has 24 heavy (non-hydrogen) atoms. The Labute approximate surface area is 151 Å². The van der Waals surface area contributed by atoms with Crippen molar-refractivity contribution in [2.45, 2.75) is 13.8 Å². The summed E-state index contributed by atoms with van der Waals surface area (Å²) in [4.78, 5) is 27.5. The predicted molar refractivity (Wildman–Crippen MR) is 104 cm³/mol. The quantitative estimate of drug-likeness (QED) is 0.455. The fraction of sp³-hybridized carbons (Fsp3) is 0.167. The lowest BCUT2D eigenvalue weighted by atomic mass is 10.3. The SMILES string of the molecule is CCN1C(=O)/C(=C/C=C/C=C/N(C(C)=O)c2ccccc2)SC1=S. The van der Waals surface area contributed by atoms with Crippen LogP contribution in [0.5, 0.6) is 0 Å². The van der Waals surface area contributed by atoms with Crippen molar-refractivity contribution in [3.05, 3.63) is 65.7 Å². The number of rotatable bonds is 5. The Morgan fingerprint density at radius 1 is 1.25 bits per heavy atom. The molecule has 4 nitrogen and oxygen atoms in total. The molecule has 0 unspecified atom stereocenters. The number of hydrogen-bond donors (Lipinski definition) is 0. The lowest BCUT2D eigenvalue weighted by molar-refractivity contribution is -0.122. The molecule has 2 rings (SSSR count). The highest BCUT2D eigenvalue weighted by molar-refractivity contribution is 8.26. The molecule has 1 aliphatic heterocycles. The lowest BCUT2D eigenvalue weighted by Crippen LogP contribution is -2.27. The van der Waals surface area contributed by atoms with Gasteiger partial charge in [-0.1, -0.05) is 54.3 Å². The Kier molecular flexibility index (Phi) is 6.52. The second-order valence-electron chi connectivity index (χ2n) is 4.90. The molecular formula is C18H18N2O2S2. The topological polar surface area (TPSA) is 40.6 Å². The second-order valence-corrected chi connectivity index (χ2v) is 6.58. The summed E-state index contributed by atoms with van der Waals surface area (Å²) in [6.45, 7) is 3.99. The fourth-order valence-electron chi connectivity index (χ4n) is 2.09. The Hall–Kier alpha value is -2.18. The zero-order chi connectivity index (χ0) is 17.5. The summed E-state index contributed by atoms with van der Waals surface area (Å²) in [5.41, 5.74) is 0.804. The van der Waals surface area contributed by atoms with E-state index in [9.17, 15) is 9.59 Å². The van der Waals surface area contributed by atoms with Crippen molar-refractivity contribution >= 4 is 45.8 Å². The average Bonchev–Trinajstić information content (AvgIpc) is 2.84. The molecule has 2 amide bonds. The van der Waals surface area contributed by atoms with Crippen molar-refractivity contribution in [1.82, 2.24) is 4.90 Å². The van der Waals surface area contributed by atoms with Crippen LogP contribution in [0.4, 0.5) is 5.69 Å². The van der Waals surface area contributed by atoms with E-state index in [0.29, 0.717) is 15.8 Å². The van der Waals surface area contributed by atoms with Crippen LogP contribution in [0.2, 0.25) is 0 Å². The van der Waals surface area contributed by atoms with Crippen LogP contribution >= 0.6 is 24.0 Å². The normalized spacial score (nSPS) is 16.8. The molecule has 0 aliphatic carbocycles. The summed E-state index contributed by atoms with van der Waals surface area (Å²) in [5, 5.41) is 0. The number of likely N-dealkylation sites (N-methyl/N-ethyl adjacent to an activating group) is 1. The molecule has 0 aromatic heterocycles. The summed E-state index contributed by atoms with van der Waals surface area (Å²) >= 11 is 6.46. The van der Waals surface area contributed by atoms with Gasteiger partial charge in [0.05, 0.1) is 4.91 Å². The van der Waals surface area contributed by atoms with Gasteiger partial charge in [-0.25, -0.2) is 0 Å². The van der Waals surface area contributed by atoms with Crippen LogP contribution < -0.4 is 4.90 Å². The van der Waals surface area contributed by atoms with Gasteiger partial charge in [0.15, 0.2) is 0 Å². The van der Waals surface area contributed by atoms with E-state index in [2.05, 4.69) is 0 Å². The van der Waals surface area contributed by atoms with Crippen molar-refractivity contribution in [2.24, 2.45) is 0 Å². The van der Waals surface area contributed by atoms with Crippen LogP contribution in [0.1, 0.15) is 13.8 Å². The van der Waals surface area contributed by atoms with E-state index in [1.165, 1.54) is 18.7 Å². The number of benzene rings is 1. The van der Waals surface area contributed by atoms with Gasteiger partial charge in [0, 0.05) is 25.4 Å². The molecule has 1 aromatic rings. The van der Waals surface area contributed by atoms with Crippen molar-refractivity contribution in [3.8, 4) is 0 Å². The molecule has 0 spiro atoms. The molecule has 0 saturated carbocycles. The zero-order valence-electron chi connectivity index (χ0n) is 13.5. The van der Waals surface area contributed by atoms with Crippen LogP contribution in [-0.4, -0.2) is 27.6 Å². The molecule has 0 bridgehead atoms. The molecule has 0 radical (unpaired) electrons. The third kappa shape index (κ3) is 4.43. The number of anilines is 1. The highest BCUT2D eigenvalue weighted by Gasteiger charge is 2.29. The van der Waals surface area contributed by atoms with Gasteiger partial charge in [-0.3, -0.25) is 19.4 Å². The van der Waals surface area contributed by atoms with Crippen molar-refractivity contribution in [1.29, 1.82) is 0 Å². The minimum absolute atomic E-state index is 0.0595. The van der Waals surface area contributed by atoms with Gasteiger partial charge in [0.1, 0.15) is 4.32 Å². The third-order valence-corrected chi connectivity index (χ3v) is 4.66. The maximum absolute atomic E-state index is 12.0. The number of allylic oxidation sites excluding steroid dienone is 4. The zero-order valence-corrected chi connectivity index (χ0v) is 15.1.